The molecule has 0 amide bonds. The van der Waals surface area contributed by atoms with Crippen molar-refractivity contribution < 1.29 is 4.79 Å². The number of aromatic amines is 1. The first kappa shape index (κ1) is 19.3. The molecule has 6 heteroatoms. The average molecular weight is 428 g/mol. The van der Waals surface area contributed by atoms with E-state index in [0.29, 0.717) is 27.3 Å². The van der Waals surface area contributed by atoms with E-state index in [-0.39, 0.29) is 17.6 Å². The SMILES string of the molecule is O=C(C=CC1=NC2C=CC=CC2N1)c1c(-c2ccccc2)c2cc(Cl)ccc2[nH]c1=O. The Balaban J connectivity index is 1.60. The third-order valence-electron chi connectivity index (χ3n) is 5.39. The van der Waals surface area contributed by atoms with Gasteiger partial charge in [0, 0.05) is 21.5 Å². The highest BCUT2D eigenvalue weighted by molar-refractivity contribution is 6.31. The summed E-state index contributed by atoms with van der Waals surface area (Å²) in [6.07, 6.45) is 11.0. The Morgan fingerprint density at radius 3 is 2.68 bits per heavy atom. The minimum absolute atomic E-state index is 0.0193. The van der Waals surface area contributed by atoms with Gasteiger partial charge in [0.05, 0.1) is 17.6 Å². The Bertz CT molecular complexity index is 1370. The lowest BCUT2D eigenvalue weighted by molar-refractivity contribution is 0.104. The van der Waals surface area contributed by atoms with Crippen molar-refractivity contribution >= 4 is 34.1 Å². The molecule has 2 heterocycles. The number of allylic oxidation sites excluding steroid dienone is 3. The van der Waals surface area contributed by atoms with Crippen molar-refractivity contribution in [2.75, 3.05) is 0 Å². The highest BCUT2D eigenvalue weighted by Crippen LogP contribution is 2.31. The molecule has 0 saturated carbocycles. The van der Waals surface area contributed by atoms with Gasteiger partial charge in [-0.15, -0.1) is 0 Å². The molecule has 0 bridgehead atoms. The average Bonchev–Trinajstić information content (AvgIpc) is 3.20. The van der Waals surface area contributed by atoms with Gasteiger partial charge in [0.15, 0.2) is 5.78 Å². The van der Waals surface area contributed by atoms with E-state index in [4.69, 9.17) is 11.6 Å². The summed E-state index contributed by atoms with van der Waals surface area (Å²) in [6.45, 7) is 0. The predicted octanol–water partition coefficient (Wildman–Crippen LogP) is 4.45. The van der Waals surface area contributed by atoms with E-state index in [0.717, 1.165) is 5.56 Å². The van der Waals surface area contributed by atoms with Gasteiger partial charge in [0.1, 0.15) is 5.84 Å². The molecule has 5 nitrogen and oxygen atoms in total. The maximum Gasteiger partial charge on any atom is 0.260 e. The minimum atomic E-state index is -0.441. The molecule has 0 fully saturated rings. The number of nitrogens with one attached hydrogen (secondary N) is 2. The fourth-order valence-electron chi connectivity index (χ4n) is 3.96. The number of H-pyrrole nitrogens is 1. The number of rotatable bonds is 4. The maximum atomic E-state index is 13.2. The standard InChI is InChI=1S/C25H18ClN3O2/c26-16-10-11-18-17(14-16)23(15-6-2-1-3-7-15)24(25(31)29-18)21(30)12-13-22-27-19-8-4-5-9-20(19)28-22/h1-14,19-20H,(H,27,28)(H,29,31). The topological polar surface area (TPSA) is 74.3 Å². The van der Waals surface area contributed by atoms with Gasteiger partial charge < -0.3 is 10.3 Å². The summed E-state index contributed by atoms with van der Waals surface area (Å²) in [5.74, 6) is 0.216. The van der Waals surface area contributed by atoms with Crippen LogP contribution in [0.2, 0.25) is 5.02 Å². The molecular formula is C25H18ClN3O2. The van der Waals surface area contributed by atoms with Crippen molar-refractivity contribution in [3.8, 4) is 11.1 Å². The molecule has 0 spiro atoms. The molecule has 2 aromatic carbocycles. The number of benzene rings is 2. The Labute approximate surface area is 183 Å². The summed E-state index contributed by atoms with van der Waals surface area (Å²) in [5.41, 5.74) is 1.60. The molecule has 1 aliphatic carbocycles. The fourth-order valence-corrected chi connectivity index (χ4v) is 4.13. The van der Waals surface area contributed by atoms with Gasteiger partial charge >= 0.3 is 0 Å². The number of aliphatic imine (C=N–C) groups is 1. The second kappa shape index (κ2) is 7.85. The quantitative estimate of drug-likeness (QED) is 0.477. The number of amidine groups is 1. The molecule has 2 unspecified atom stereocenters. The van der Waals surface area contributed by atoms with Crippen LogP contribution in [0.15, 0.2) is 94.8 Å². The lowest BCUT2D eigenvalue weighted by Crippen LogP contribution is -2.32. The zero-order valence-electron chi connectivity index (χ0n) is 16.4. The monoisotopic (exact) mass is 427 g/mol. The minimum Gasteiger partial charge on any atom is -0.362 e. The van der Waals surface area contributed by atoms with Crippen molar-refractivity contribution in [1.29, 1.82) is 0 Å². The number of aromatic nitrogens is 1. The summed E-state index contributed by atoms with van der Waals surface area (Å²) in [6, 6.07) is 14.7. The molecule has 2 aliphatic rings. The highest BCUT2D eigenvalue weighted by atomic mass is 35.5. The van der Waals surface area contributed by atoms with Gasteiger partial charge in [-0.25, -0.2) is 0 Å². The number of fused-ring (bicyclic) bond motifs is 2. The van der Waals surface area contributed by atoms with Gasteiger partial charge in [-0.1, -0.05) is 66.2 Å². The lowest BCUT2D eigenvalue weighted by Gasteiger charge is -2.13. The fraction of sp³-hybridized carbons (Fsp3) is 0.0800. The van der Waals surface area contributed by atoms with Crippen LogP contribution >= 0.6 is 11.6 Å². The number of nitrogens with zero attached hydrogens (tertiary/aromatic N) is 1. The molecule has 2 N–H and O–H groups in total. The molecule has 2 atom stereocenters. The summed E-state index contributed by atoms with van der Waals surface area (Å²) in [5, 5.41) is 4.51. The van der Waals surface area contributed by atoms with Gasteiger partial charge in [-0.2, -0.15) is 0 Å². The molecule has 3 aromatic rings. The van der Waals surface area contributed by atoms with E-state index in [1.807, 2.05) is 54.6 Å². The van der Waals surface area contributed by atoms with Crippen LogP contribution < -0.4 is 10.9 Å². The van der Waals surface area contributed by atoms with Crippen LogP contribution in [0, 0.1) is 0 Å². The second-order valence-electron chi connectivity index (χ2n) is 7.40. The number of halogens is 1. The maximum absolute atomic E-state index is 13.2. The first-order valence-corrected chi connectivity index (χ1v) is 10.3. The van der Waals surface area contributed by atoms with E-state index >= 15 is 0 Å². The molecule has 152 valence electrons. The van der Waals surface area contributed by atoms with E-state index in [2.05, 4.69) is 15.3 Å². The summed E-state index contributed by atoms with van der Waals surface area (Å²) in [4.78, 5) is 33.5. The van der Waals surface area contributed by atoms with Crippen LogP contribution in [0.25, 0.3) is 22.0 Å². The lowest BCUT2D eigenvalue weighted by atomic mass is 9.94. The number of hydrogen-bond donors (Lipinski definition) is 2. The van der Waals surface area contributed by atoms with E-state index in [9.17, 15) is 9.59 Å². The number of pyridine rings is 1. The zero-order chi connectivity index (χ0) is 21.4. The summed E-state index contributed by atoms with van der Waals surface area (Å²) in [7, 11) is 0. The number of ketones is 1. The predicted molar refractivity (Wildman–Crippen MR) is 125 cm³/mol. The van der Waals surface area contributed by atoms with Crippen molar-refractivity contribution in [1.82, 2.24) is 10.3 Å². The van der Waals surface area contributed by atoms with Gasteiger partial charge in [0.25, 0.3) is 5.56 Å². The largest absolute Gasteiger partial charge is 0.362 e. The van der Waals surface area contributed by atoms with Crippen LogP contribution in [0.3, 0.4) is 0 Å². The number of hydrogen-bond acceptors (Lipinski definition) is 4. The normalized spacial score (nSPS) is 19.5. The highest BCUT2D eigenvalue weighted by Gasteiger charge is 2.25. The van der Waals surface area contributed by atoms with E-state index in [1.54, 1.807) is 24.3 Å². The van der Waals surface area contributed by atoms with Crippen LogP contribution in [0.5, 0.6) is 0 Å². The summed E-state index contributed by atoms with van der Waals surface area (Å²) < 4.78 is 0. The van der Waals surface area contributed by atoms with E-state index < -0.39 is 11.3 Å². The second-order valence-corrected chi connectivity index (χ2v) is 7.84. The molecule has 0 radical (unpaired) electrons. The van der Waals surface area contributed by atoms with Crippen molar-refractivity contribution in [2.24, 2.45) is 4.99 Å². The van der Waals surface area contributed by atoms with Crippen molar-refractivity contribution in [3.63, 3.8) is 0 Å². The van der Waals surface area contributed by atoms with Gasteiger partial charge in [0.2, 0.25) is 0 Å². The molecular weight excluding hydrogens is 410 g/mol. The number of carbonyl (C=O) groups excluding carboxylic acids is 1. The molecule has 0 saturated heterocycles. The third kappa shape index (κ3) is 3.64. The van der Waals surface area contributed by atoms with E-state index in [1.165, 1.54) is 6.08 Å². The van der Waals surface area contributed by atoms with Gasteiger partial charge in [-0.05, 0) is 35.9 Å². The van der Waals surface area contributed by atoms with Crippen LogP contribution in [-0.4, -0.2) is 28.7 Å². The Hall–Kier alpha value is -3.70. The number of carbonyl (C=O) groups is 1. The zero-order valence-corrected chi connectivity index (χ0v) is 17.1. The molecule has 5 rings (SSSR count). The Morgan fingerprint density at radius 2 is 1.87 bits per heavy atom. The van der Waals surface area contributed by atoms with Crippen molar-refractivity contribution in [2.45, 2.75) is 12.1 Å². The first-order valence-electron chi connectivity index (χ1n) is 9.93. The third-order valence-corrected chi connectivity index (χ3v) is 5.62. The van der Waals surface area contributed by atoms with Crippen LogP contribution in [-0.2, 0) is 0 Å². The van der Waals surface area contributed by atoms with Gasteiger partial charge in [-0.3, -0.25) is 14.6 Å². The van der Waals surface area contributed by atoms with Crippen molar-refractivity contribution in [3.05, 3.63) is 106 Å². The smallest absolute Gasteiger partial charge is 0.260 e. The Kier molecular flexibility index (Phi) is 4.88. The van der Waals surface area contributed by atoms with Crippen LogP contribution in [0.4, 0.5) is 0 Å². The molecule has 1 aliphatic heterocycles. The Morgan fingerprint density at radius 1 is 1.06 bits per heavy atom. The molecule has 31 heavy (non-hydrogen) atoms. The first-order chi connectivity index (χ1) is 15.1. The molecule has 1 aromatic heterocycles. The summed E-state index contributed by atoms with van der Waals surface area (Å²) >= 11 is 6.23. The van der Waals surface area contributed by atoms with Crippen LogP contribution in [0.1, 0.15) is 10.4 Å².